The van der Waals surface area contributed by atoms with Crippen molar-refractivity contribution in [2.45, 2.75) is 13.2 Å². The molecule has 0 amide bonds. The molecule has 0 aliphatic carbocycles. The van der Waals surface area contributed by atoms with Crippen LogP contribution in [-0.2, 0) is 17.9 Å². The van der Waals surface area contributed by atoms with Crippen LogP contribution in [-0.4, -0.2) is 16.5 Å². The fourth-order valence-corrected chi connectivity index (χ4v) is 2.28. The Morgan fingerprint density at radius 3 is 2.90 bits per heavy atom. The summed E-state index contributed by atoms with van der Waals surface area (Å²) in [6.07, 6.45) is 3.76. The molecule has 1 N–H and O–H groups in total. The number of nitrogens with one attached hydrogen (secondary N) is 1. The first kappa shape index (κ1) is 12.7. The molecule has 0 saturated heterocycles. The second kappa shape index (κ2) is 5.75. The number of anilines is 1. The predicted molar refractivity (Wildman–Crippen MR) is 79.7 cm³/mol. The van der Waals surface area contributed by atoms with Crippen molar-refractivity contribution >= 4 is 11.5 Å². The van der Waals surface area contributed by atoms with Crippen molar-refractivity contribution in [3.63, 3.8) is 0 Å². The van der Waals surface area contributed by atoms with Gasteiger partial charge in [0.25, 0.3) is 0 Å². The maximum Gasteiger partial charge on any atom is 0.138 e. The van der Waals surface area contributed by atoms with Crippen LogP contribution in [0.25, 0.3) is 5.65 Å². The second-order valence-electron chi connectivity index (χ2n) is 4.67. The van der Waals surface area contributed by atoms with E-state index in [0.29, 0.717) is 6.61 Å². The van der Waals surface area contributed by atoms with Gasteiger partial charge in [-0.2, -0.15) is 0 Å². The number of imidazole rings is 1. The molecule has 0 aliphatic heterocycles. The van der Waals surface area contributed by atoms with Gasteiger partial charge in [-0.25, -0.2) is 4.98 Å². The van der Waals surface area contributed by atoms with Crippen LogP contribution in [0.1, 0.15) is 11.1 Å². The first-order valence-electron chi connectivity index (χ1n) is 6.59. The molecule has 0 aliphatic rings. The maximum atomic E-state index is 5.16. The molecule has 0 radical (unpaired) electrons. The minimum atomic E-state index is 0.644. The van der Waals surface area contributed by atoms with Crippen molar-refractivity contribution in [1.29, 1.82) is 0 Å². The highest BCUT2D eigenvalue weighted by atomic mass is 16.5. The van der Waals surface area contributed by atoms with Gasteiger partial charge in [-0.1, -0.05) is 30.3 Å². The largest absolute Gasteiger partial charge is 0.380 e. The minimum Gasteiger partial charge on any atom is -0.380 e. The second-order valence-corrected chi connectivity index (χ2v) is 4.67. The molecule has 2 aromatic heterocycles. The molecule has 0 spiro atoms. The molecule has 0 bridgehead atoms. The average molecular weight is 267 g/mol. The van der Waals surface area contributed by atoms with Crippen LogP contribution in [0.4, 0.5) is 5.82 Å². The summed E-state index contributed by atoms with van der Waals surface area (Å²) in [7, 11) is 1.71. The molecule has 2 heterocycles. The van der Waals surface area contributed by atoms with E-state index in [9.17, 15) is 0 Å². The standard InChI is InChI=1S/C16H17N3O/c1-20-12-14-5-2-4-13(10-14)11-18-16-7-3-6-15-17-8-9-19(15)16/h2-10,18H,11-12H2,1H3. The summed E-state index contributed by atoms with van der Waals surface area (Å²) in [5.74, 6) is 1.04. The third-order valence-corrected chi connectivity index (χ3v) is 3.20. The van der Waals surface area contributed by atoms with Crippen molar-refractivity contribution in [3.8, 4) is 0 Å². The number of benzene rings is 1. The van der Waals surface area contributed by atoms with Gasteiger partial charge in [0.2, 0.25) is 0 Å². The zero-order valence-corrected chi connectivity index (χ0v) is 11.4. The normalized spacial score (nSPS) is 10.8. The molecule has 0 saturated carbocycles. The van der Waals surface area contributed by atoms with E-state index in [1.54, 1.807) is 13.3 Å². The van der Waals surface area contributed by atoms with Crippen LogP contribution < -0.4 is 5.32 Å². The Balaban J connectivity index is 1.76. The Morgan fingerprint density at radius 1 is 1.15 bits per heavy atom. The van der Waals surface area contributed by atoms with E-state index in [1.807, 2.05) is 28.8 Å². The zero-order chi connectivity index (χ0) is 13.8. The van der Waals surface area contributed by atoms with Crippen LogP contribution >= 0.6 is 0 Å². The average Bonchev–Trinajstić information content (AvgIpc) is 2.95. The van der Waals surface area contributed by atoms with Crippen molar-refractivity contribution in [2.75, 3.05) is 12.4 Å². The molecule has 0 fully saturated rings. The predicted octanol–water partition coefficient (Wildman–Crippen LogP) is 3.09. The number of methoxy groups -OCH3 is 1. The summed E-state index contributed by atoms with van der Waals surface area (Å²) in [5.41, 5.74) is 3.37. The fourth-order valence-electron chi connectivity index (χ4n) is 2.28. The lowest BCUT2D eigenvalue weighted by Gasteiger charge is -2.10. The molecule has 1 aromatic carbocycles. The number of hydrogen-bond donors (Lipinski definition) is 1. The molecule has 0 atom stereocenters. The van der Waals surface area contributed by atoms with Gasteiger partial charge in [0.05, 0.1) is 6.61 Å². The number of rotatable bonds is 5. The minimum absolute atomic E-state index is 0.644. The van der Waals surface area contributed by atoms with Crippen molar-refractivity contribution in [2.24, 2.45) is 0 Å². The summed E-state index contributed by atoms with van der Waals surface area (Å²) in [6.45, 7) is 1.42. The van der Waals surface area contributed by atoms with Crippen molar-refractivity contribution < 1.29 is 4.74 Å². The topological polar surface area (TPSA) is 38.6 Å². The summed E-state index contributed by atoms with van der Waals surface area (Å²) >= 11 is 0. The Labute approximate surface area is 118 Å². The van der Waals surface area contributed by atoms with E-state index >= 15 is 0 Å². The quantitative estimate of drug-likeness (QED) is 0.772. The number of pyridine rings is 1. The van der Waals surface area contributed by atoms with E-state index in [1.165, 1.54) is 11.1 Å². The smallest absolute Gasteiger partial charge is 0.138 e. The van der Waals surface area contributed by atoms with E-state index in [0.717, 1.165) is 18.0 Å². The van der Waals surface area contributed by atoms with Gasteiger partial charge in [0.15, 0.2) is 0 Å². The SMILES string of the molecule is COCc1cccc(CNc2cccc3nccn23)c1. The molecule has 0 unspecified atom stereocenters. The molecule has 102 valence electrons. The number of ether oxygens (including phenoxy) is 1. The summed E-state index contributed by atoms with van der Waals surface area (Å²) in [4.78, 5) is 4.28. The molecule has 4 heteroatoms. The lowest BCUT2D eigenvalue weighted by molar-refractivity contribution is 0.185. The van der Waals surface area contributed by atoms with Crippen molar-refractivity contribution in [1.82, 2.24) is 9.38 Å². The Bertz CT molecular complexity index is 706. The molecule has 3 rings (SSSR count). The number of aromatic nitrogens is 2. The summed E-state index contributed by atoms with van der Waals surface area (Å²) < 4.78 is 7.20. The van der Waals surface area contributed by atoms with E-state index in [4.69, 9.17) is 4.74 Å². The van der Waals surface area contributed by atoms with E-state index < -0.39 is 0 Å². The highest BCUT2D eigenvalue weighted by Crippen LogP contribution is 2.13. The van der Waals surface area contributed by atoms with Crippen LogP contribution in [0.15, 0.2) is 54.9 Å². The molecule has 20 heavy (non-hydrogen) atoms. The summed E-state index contributed by atoms with van der Waals surface area (Å²) in [5, 5.41) is 3.44. The van der Waals surface area contributed by atoms with E-state index in [-0.39, 0.29) is 0 Å². The van der Waals surface area contributed by atoms with Gasteiger partial charge in [-0.05, 0) is 23.3 Å². The van der Waals surface area contributed by atoms with Gasteiger partial charge in [-0.3, -0.25) is 4.40 Å². The molecule has 3 aromatic rings. The van der Waals surface area contributed by atoms with Crippen LogP contribution in [0.2, 0.25) is 0 Å². The Morgan fingerprint density at radius 2 is 2.00 bits per heavy atom. The molecule has 4 nitrogen and oxygen atoms in total. The van der Waals surface area contributed by atoms with Crippen molar-refractivity contribution in [3.05, 3.63) is 66.0 Å². The van der Waals surface area contributed by atoms with Gasteiger partial charge >= 0.3 is 0 Å². The van der Waals surface area contributed by atoms with Gasteiger partial charge in [0.1, 0.15) is 11.5 Å². The van der Waals surface area contributed by atoms with Gasteiger partial charge < -0.3 is 10.1 Å². The van der Waals surface area contributed by atoms with Gasteiger partial charge in [-0.15, -0.1) is 0 Å². The fraction of sp³-hybridized carbons (Fsp3) is 0.188. The van der Waals surface area contributed by atoms with Crippen LogP contribution in [0, 0.1) is 0 Å². The summed E-state index contributed by atoms with van der Waals surface area (Å²) in [6, 6.07) is 14.4. The lowest BCUT2D eigenvalue weighted by Crippen LogP contribution is -2.04. The molecular formula is C16H17N3O. The highest BCUT2D eigenvalue weighted by molar-refractivity contribution is 5.50. The zero-order valence-electron chi connectivity index (χ0n) is 11.4. The maximum absolute atomic E-state index is 5.16. The highest BCUT2D eigenvalue weighted by Gasteiger charge is 2.01. The third kappa shape index (κ3) is 2.65. The Kier molecular flexibility index (Phi) is 3.65. The number of fused-ring (bicyclic) bond motifs is 1. The Hall–Kier alpha value is -2.33. The number of nitrogens with zero attached hydrogens (tertiary/aromatic N) is 2. The number of hydrogen-bond acceptors (Lipinski definition) is 3. The van der Waals surface area contributed by atoms with Crippen LogP contribution in [0.3, 0.4) is 0 Å². The first-order chi connectivity index (χ1) is 9.86. The monoisotopic (exact) mass is 267 g/mol. The lowest BCUT2D eigenvalue weighted by atomic mass is 10.1. The van der Waals surface area contributed by atoms with E-state index in [2.05, 4.69) is 34.6 Å². The first-order valence-corrected chi connectivity index (χ1v) is 6.59. The van der Waals surface area contributed by atoms with Crippen LogP contribution in [0.5, 0.6) is 0 Å². The molecular weight excluding hydrogens is 250 g/mol. The van der Waals surface area contributed by atoms with Gasteiger partial charge in [0, 0.05) is 26.0 Å². The third-order valence-electron chi connectivity index (χ3n) is 3.20.